The Balaban J connectivity index is 0.000000413. The number of anilines is 1. The van der Waals surface area contributed by atoms with Gasteiger partial charge in [0.2, 0.25) is 0 Å². The summed E-state index contributed by atoms with van der Waals surface area (Å²) < 4.78 is 95.2. The van der Waals surface area contributed by atoms with Crippen molar-refractivity contribution < 1.29 is 69.2 Å². The maximum Gasteiger partial charge on any atom is 0.490 e. The molecule has 0 radical (unpaired) electrons. The van der Waals surface area contributed by atoms with Crippen molar-refractivity contribution in [3.05, 3.63) is 47.7 Å². The first-order valence-corrected chi connectivity index (χ1v) is 12.9. The number of rotatable bonds is 3. The highest BCUT2D eigenvalue weighted by molar-refractivity contribution is 5.73. The van der Waals surface area contributed by atoms with E-state index in [1.807, 2.05) is 18.5 Å². The Morgan fingerprint density at radius 2 is 1.24 bits per heavy atom. The quantitative estimate of drug-likeness (QED) is 0.407. The van der Waals surface area contributed by atoms with E-state index in [4.69, 9.17) is 29.7 Å². The number of hydrogen-bond acceptors (Lipinski definition) is 9. The van der Waals surface area contributed by atoms with Crippen LogP contribution in [0.4, 0.5) is 45.3 Å². The van der Waals surface area contributed by atoms with Crippen LogP contribution in [0.1, 0.15) is 16.8 Å². The van der Waals surface area contributed by atoms with Gasteiger partial charge in [0.25, 0.3) is 0 Å². The molecule has 4 rings (SSSR count). The summed E-state index contributed by atoms with van der Waals surface area (Å²) in [5.74, 6) is -7.10. The zero-order chi connectivity index (χ0) is 35.3. The van der Waals surface area contributed by atoms with Crippen molar-refractivity contribution in [1.29, 1.82) is 0 Å². The summed E-state index contributed by atoms with van der Waals surface area (Å²) in [6, 6.07) is 4.17. The fourth-order valence-corrected chi connectivity index (χ4v) is 3.75. The fraction of sp³-hybridized carbons (Fsp3) is 0.520. The molecule has 2 aliphatic heterocycles. The van der Waals surface area contributed by atoms with E-state index in [9.17, 15) is 39.5 Å². The first-order valence-electron chi connectivity index (χ1n) is 12.9. The number of pyridine rings is 1. The molecular formula is C25H29F9N6O6. The Morgan fingerprint density at radius 1 is 0.761 bits per heavy atom. The minimum Gasteiger partial charge on any atom is -0.475 e. The highest BCUT2D eigenvalue weighted by atomic mass is 19.4. The number of carboxylic acid groups (broad SMARTS) is 3. The van der Waals surface area contributed by atoms with Crippen LogP contribution in [0.2, 0.25) is 0 Å². The number of carboxylic acids is 3. The molecule has 2 aromatic rings. The molecule has 258 valence electrons. The molecule has 0 aromatic carbocycles. The van der Waals surface area contributed by atoms with Crippen LogP contribution in [0.5, 0.6) is 0 Å². The van der Waals surface area contributed by atoms with Gasteiger partial charge in [-0.25, -0.2) is 24.4 Å². The molecule has 0 aliphatic carbocycles. The molecule has 4 heterocycles. The number of likely N-dealkylation sites (N-methyl/N-ethyl adjacent to an activating group) is 1. The third kappa shape index (κ3) is 14.7. The van der Waals surface area contributed by atoms with Crippen molar-refractivity contribution >= 4 is 23.7 Å². The second kappa shape index (κ2) is 17.4. The lowest BCUT2D eigenvalue weighted by Gasteiger charge is -2.34. The van der Waals surface area contributed by atoms with Gasteiger partial charge in [0.05, 0.1) is 5.69 Å². The lowest BCUT2D eigenvalue weighted by atomic mass is 10.1. The molecule has 12 nitrogen and oxygen atoms in total. The van der Waals surface area contributed by atoms with Crippen LogP contribution in [0.25, 0.3) is 0 Å². The van der Waals surface area contributed by atoms with Crippen LogP contribution < -0.4 is 4.90 Å². The summed E-state index contributed by atoms with van der Waals surface area (Å²) in [7, 11) is 2.19. The minimum absolute atomic E-state index is 0.957. The molecule has 0 saturated carbocycles. The molecule has 2 aromatic heterocycles. The number of aromatic nitrogens is 3. The van der Waals surface area contributed by atoms with Crippen LogP contribution in [0.15, 0.2) is 30.9 Å². The normalized spacial score (nSPS) is 15.7. The van der Waals surface area contributed by atoms with E-state index in [0.717, 1.165) is 58.7 Å². The van der Waals surface area contributed by atoms with Crippen molar-refractivity contribution in [3.63, 3.8) is 0 Å². The van der Waals surface area contributed by atoms with E-state index in [1.54, 1.807) is 6.33 Å². The predicted octanol–water partition coefficient (Wildman–Crippen LogP) is 3.12. The van der Waals surface area contributed by atoms with Crippen molar-refractivity contribution in [2.75, 3.05) is 51.2 Å². The molecule has 21 heteroatoms. The third-order valence-corrected chi connectivity index (χ3v) is 6.01. The van der Waals surface area contributed by atoms with Crippen molar-refractivity contribution in [1.82, 2.24) is 24.8 Å². The van der Waals surface area contributed by atoms with E-state index in [1.165, 1.54) is 22.6 Å². The number of nitrogens with zero attached hydrogens (tertiary/aromatic N) is 6. The van der Waals surface area contributed by atoms with E-state index in [2.05, 4.69) is 42.8 Å². The molecule has 0 unspecified atom stereocenters. The molecule has 46 heavy (non-hydrogen) atoms. The fourth-order valence-electron chi connectivity index (χ4n) is 3.75. The number of alkyl halides is 9. The summed E-state index contributed by atoms with van der Waals surface area (Å²) in [6.45, 7) is 7.37. The largest absolute Gasteiger partial charge is 0.490 e. The third-order valence-electron chi connectivity index (χ3n) is 6.01. The van der Waals surface area contributed by atoms with Gasteiger partial charge < -0.3 is 25.1 Å². The van der Waals surface area contributed by atoms with Gasteiger partial charge in [0.1, 0.15) is 12.1 Å². The van der Waals surface area contributed by atoms with Gasteiger partial charge in [-0.3, -0.25) is 9.88 Å². The van der Waals surface area contributed by atoms with Crippen molar-refractivity contribution in [3.8, 4) is 0 Å². The van der Waals surface area contributed by atoms with Gasteiger partial charge in [0, 0.05) is 70.2 Å². The first-order chi connectivity index (χ1) is 21.1. The number of piperazine rings is 1. The lowest BCUT2D eigenvalue weighted by molar-refractivity contribution is -0.193. The molecule has 0 amide bonds. The zero-order valence-corrected chi connectivity index (χ0v) is 23.9. The Hall–Kier alpha value is -4.27. The molecule has 1 fully saturated rings. The average molecular weight is 681 g/mol. The Morgan fingerprint density at radius 3 is 1.67 bits per heavy atom. The molecule has 0 atom stereocenters. The first kappa shape index (κ1) is 39.8. The van der Waals surface area contributed by atoms with Crippen LogP contribution >= 0.6 is 0 Å². The van der Waals surface area contributed by atoms with Gasteiger partial charge in [0.15, 0.2) is 0 Å². The van der Waals surface area contributed by atoms with Gasteiger partial charge in [-0.15, -0.1) is 0 Å². The number of carbonyl (C=O) groups is 3. The Kier molecular flexibility index (Phi) is 15.1. The monoisotopic (exact) mass is 680 g/mol. The molecule has 3 N–H and O–H groups in total. The molecule has 0 bridgehead atoms. The second-order valence-corrected chi connectivity index (χ2v) is 9.46. The average Bonchev–Trinajstić information content (AvgIpc) is 3.16. The van der Waals surface area contributed by atoms with E-state index in [-0.39, 0.29) is 0 Å². The Labute approximate surface area is 255 Å². The second-order valence-electron chi connectivity index (χ2n) is 9.46. The summed E-state index contributed by atoms with van der Waals surface area (Å²) in [6.07, 6.45) is -7.67. The molecule has 1 saturated heterocycles. The van der Waals surface area contributed by atoms with Crippen molar-refractivity contribution in [2.45, 2.75) is 37.9 Å². The van der Waals surface area contributed by atoms with E-state index < -0.39 is 36.4 Å². The number of aliphatic carboxylic acids is 3. The molecule has 2 aliphatic rings. The van der Waals surface area contributed by atoms with Crippen LogP contribution in [-0.4, -0.2) is 123 Å². The number of halogens is 9. The summed E-state index contributed by atoms with van der Waals surface area (Å²) >= 11 is 0. The standard InChI is InChI=1S/C19H26N6.3C2HF3O2/c1-23-9-11-25(12-10-23)19-17-4-7-24(8-5-18(17)21-15-22-19)14-16-3-2-6-20-13-16;3*3-2(4,5)1(6)7/h2-3,6,13,15H,4-5,7-12,14H2,1H3;3*(H,6,7). The van der Waals surface area contributed by atoms with Gasteiger partial charge in [-0.2, -0.15) is 39.5 Å². The SMILES string of the molecule is CN1CCN(c2ncnc3c2CCN(Cc2cccnc2)CC3)CC1.O=C(O)C(F)(F)F.O=C(O)C(F)(F)F.O=C(O)C(F)(F)F. The predicted molar refractivity (Wildman–Crippen MR) is 140 cm³/mol. The number of hydrogen-bond donors (Lipinski definition) is 3. The van der Waals surface area contributed by atoms with E-state index in [0.29, 0.717) is 0 Å². The highest BCUT2D eigenvalue weighted by Crippen LogP contribution is 2.25. The van der Waals surface area contributed by atoms with Crippen molar-refractivity contribution in [2.24, 2.45) is 0 Å². The van der Waals surface area contributed by atoms with E-state index >= 15 is 0 Å². The van der Waals surface area contributed by atoms with Gasteiger partial charge in [-0.05, 0) is 25.1 Å². The molecular weight excluding hydrogens is 651 g/mol. The maximum atomic E-state index is 10.6. The summed E-state index contributed by atoms with van der Waals surface area (Å²) in [5.41, 5.74) is 3.87. The van der Waals surface area contributed by atoms with Gasteiger partial charge >= 0.3 is 36.4 Å². The summed E-state index contributed by atoms with van der Waals surface area (Å²) in [5, 5.41) is 21.4. The van der Waals surface area contributed by atoms with Crippen LogP contribution in [0.3, 0.4) is 0 Å². The smallest absolute Gasteiger partial charge is 0.475 e. The van der Waals surface area contributed by atoms with Crippen LogP contribution in [0, 0.1) is 0 Å². The topological polar surface area (TPSA) is 160 Å². The Bertz CT molecular complexity index is 1210. The van der Waals surface area contributed by atoms with Crippen LogP contribution in [-0.2, 0) is 33.8 Å². The summed E-state index contributed by atoms with van der Waals surface area (Å²) in [4.78, 5) is 47.5. The lowest BCUT2D eigenvalue weighted by Crippen LogP contribution is -2.45. The minimum atomic E-state index is -5.08. The zero-order valence-electron chi connectivity index (χ0n) is 23.9. The maximum absolute atomic E-state index is 10.6. The molecule has 0 spiro atoms. The van der Waals surface area contributed by atoms with Gasteiger partial charge in [-0.1, -0.05) is 6.07 Å². The number of fused-ring (bicyclic) bond motifs is 1. The highest BCUT2D eigenvalue weighted by Gasteiger charge is 2.39.